The average Bonchev–Trinajstić information content (AvgIpc) is 3.42. The minimum Gasteiger partial charge on any atom is -0.443 e. The lowest BCUT2D eigenvalue weighted by atomic mass is 9.96. The highest BCUT2D eigenvalue weighted by atomic mass is 19.1. The number of oxazole rings is 1. The van der Waals surface area contributed by atoms with Gasteiger partial charge in [0.15, 0.2) is 12.2 Å². The molecule has 0 saturated heterocycles. The van der Waals surface area contributed by atoms with Gasteiger partial charge in [0.05, 0.1) is 42.6 Å². The Bertz CT molecular complexity index is 1750. The third-order valence-electron chi connectivity index (χ3n) is 6.67. The quantitative estimate of drug-likeness (QED) is 0.231. The van der Waals surface area contributed by atoms with E-state index in [1.165, 1.54) is 18.5 Å². The van der Waals surface area contributed by atoms with Gasteiger partial charge in [-0.2, -0.15) is 5.26 Å². The number of anilines is 2. The fourth-order valence-corrected chi connectivity index (χ4v) is 4.49. The number of rotatable bonds is 8. The summed E-state index contributed by atoms with van der Waals surface area (Å²) < 4.78 is 31.0. The molecule has 5 aromatic rings. The number of hydrogen-bond donors (Lipinski definition) is 2. The van der Waals surface area contributed by atoms with Crippen molar-refractivity contribution in [2.45, 2.75) is 45.7 Å². The van der Waals surface area contributed by atoms with Gasteiger partial charge in [0.25, 0.3) is 0 Å². The molecule has 1 aliphatic rings. The van der Waals surface area contributed by atoms with E-state index in [2.05, 4.69) is 57.8 Å². The zero-order valence-electron chi connectivity index (χ0n) is 23.4. The number of nitrogens with one attached hydrogen (secondary N) is 2. The fourth-order valence-electron chi connectivity index (χ4n) is 4.49. The molecule has 0 bridgehead atoms. The predicted molar refractivity (Wildman–Crippen MR) is 150 cm³/mol. The second kappa shape index (κ2) is 10.1. The summed E-state index contributed by atoms with van der Waals surface area (Å²) in [5, 5.41) is 26.0. The molecule has 1 fully saturated rings. The van der Waals surface area contributed by atoms with Crippen LogP contribution in [0.2, 0.25) is 0 Å². The number of halogens is 1. The molecule has 3 heterocycles. The van der Waals surface area contributed by atoms with Gasteiger partial charge in [-0.1, -0.05) is 38.1 Å². The second-order valence-electron chi connectivity index (χ2n) is 11.2. The van der Waals surface area contributed by atoms with Crippen molar-refractivity contribution in [3.8, 4) is 17.4 Å². The third kappa shape index (κ3) is 5.23. The first-order valence-corrected chi connectivity index (χ1v) is 13.1. The first-order chi connectivity index (χ1) is 19.6. The molecule has 3 aromatic heterocycles. The van der Waals surface area contributed by atoms with Crippen LogP contribution in [0.25, 0.3) is 22.2 Å². The summed E-state index contributed by atoms with van der Waals surface area (Å²) in [5.41, 5.74) is 3.61. The Labute approximate surface area is 232 Å². The van der Waals surface area contributed by atoms with Crippen molar-refractivity contribution in [2.24, 2.45) is 5.41 Å². The summed E-state index contributed by atoms with van der Waals surface area (Å²) in [4.78, 5) is 8.70. The van der Waals surface area contributed by atoms with E-state index in [4.69, 9.17) is 4.42 Å². The van der Waals surface area contributed by atoms with E-state index in [1.807, 2.05) is 12.1 Å². The maximum atomic E-state index is 13.9. The zero-order valence-corrected chi connectivity index (χ0v) is 22.4. The van der Waals surface area contributed by atoms with Gasteiger partial charge in [-0.25, -0.2) is 14.1 Å². The van der Waals surface area contributed by atoms with Gasteiger partial charge in [0.1, 0.15) is 17.6 Å². The van der Waals surface area contributed by atoms with Crippen LogP contribution in [0.15, 0.2) is 65.8 Å². The van der Waals surface area contributed by atoms with Gasteiger partial charge in [-0.3, -0.25) is 4.98 Å². The number of benzene rings is 2. The van der Waals surface area contributed by atoms with Crippen LogP contribution >= 0.6 is 0 Å². The Hall–Kier alpha value is -4.78. The van der Waals surface area contributed by atoms with E-state index in [9.17, 15) is 11.0 Å². The fraction of sp³-hybridized carbons (Fsp3) is 0.300. The molecule has 202 valence electrons. The molecular weight excluding hydrogens is 507 g/mol. The molecule has 0 radical (unpaired) electrons. The van der Waals surface area contributed by atoms with E-state index in [1.54, 1.807) is 35.4 Å². The Balaban J connectivity index is 1.54. The summed E-state index contributed by atoms with van der Waals surface area (Å²) >= 11 is 0. The molecule has 10 heteroatoms. The molecule has 1 aliphatic carbocycles. The number of fused-ring (bicyclic) bond motifs is 1. The van der Waals surface area contributed by atoms with Crippen molar-refractivity contribution >= 4 is 22.3 Å². The van der Waals surface area contributed by atoms with Crippen LogP contribution in [0, 0.1) is 22.6 Å². The highest BCUT2D eigenvalue weighted by Crippen LogP contribution is 2.39. The Kier molecular flexibility index (Phi) is 6.11. The molecule has 6 rings (SSSR count). The lowest BCUT2D eigenvalue weighted by Crippen LogP contribution is -2.20. The zero-order chi connectivity index (χ0) is 28.8. The Morgan fingerprint density at radius 1 is 1.23 bits per heavy atom. The maximum Gasteiger partial charge on any atom is 0.181 e. The lowest BCUT2D eigenvalue weighted by molar-refractivity contribution is 0.443. The monoisotopic (exact) mass is 537 g/mol. The minimum atomic E-state index is -1.62. The van der Waals surface area contributed by atoms with Gasteiger partial charge >= 0.3 is 0 Å². The molecule has 0 spiro atoms. The van der Waals surface area contributed by atoms with E-state index in [0.29, 0.717) is 57.0 Å². The average molecular weight is 538 g/mol. The second-order valence-corrected chi connectivity index (χ2v) is 11.2. The molecule has 0 aliphatic heterocycles. The van der Waals surface area contributed by atoms with Gasteiger partial charge in [-0.15, -0.1) is 5.10 Å². The molecule has 0 unspecified atom stereocenters. The number of hydrogen-bond acceptors (Lipinski definition) is 8. The van der Waals surface area contributed by atoms with Crippen LogP contribution < -0.4 is 10.6 Å². The van der Waals surface area contributed by atoms with E-state index >= 15 is 0 Å². The van der Waals surface area contributed by atoms with Crippen molar-refractivity contribution in [3.05, 3.63) is 84.0 Å². The van der Waals surface area contributed by atoms with Crippen molar-refractivity contribution in [3.63, 3.8) is 0 Å². The first kappa shape index (κ1) is 24.3. The highest BCUT2D eigenvalue weighted by Gasteiger charge is 2.27. The summed E-state index contributed by atoms with van der Waals surface area (Å²) in [6, 6.07) is 10.4. The van der Waals surface area contributed by atoms with Crippen LogP contribution in [0.4, 0.5) is 15.8 Å². The van der Waals surface area contributed by atoms with E-state index in [-0.39, 0.29) is 11.5 Å². The van der Waals surface area contributed by atoms with Crippen molar-refractivity contribution in [2.75, 3.05) is 17.2 Å². The molecule has 2 aromatic carbocycles. The number of pyridine rings is 1. The minimum absolute atomic E-state index is 0.0573. The third-order valence-corrected chi connectivity index (χ3v) is 6.67. The molecule has 1 saturated carbocycles. The summed E-state index contributed by atoms with van der Waals surface area (Å²) in [6.07, 6.45) is 8.28. The van der Waals surface area contributed by atoms with E-state index in [0.717, 1.165) is 12.8 Å². The van der Waals surface area contributed by atoms with Crippen LogP contribution in [-0.4, -0.2) is 31.5 Å². The molecule has 40 heavy (non-hydrogen) atoms. The predicted octanol–water partition coefficient (Wildman–Crippen LogP) is 6.49. The number of nitriles is 1. The Morgan fingerprint density at radius 3 is 2.70 bits per heavy atom. The summed E-state index contributed by atoms with van der Waals surface area (Å²) in [5.74, 6) is 0.0791. The molecule has 0 amide bonds. The first-order valence-electron chi connectivity index (χ1n) is 13.6. The van der Waals surface area contributed by atoms with Crippen LogP contribution in [0.3, 0.4) is 0 Å². The van der Waals surface area contributed by atoms with Gasteiger partial charge in [0.2, 0.25) is 0 Å². The van der Waals surface area contributed by atoms with Crippen LogP contribution in [-0.2, 0) is 0 Å². The van der Waals surface area contributed by atoms with Crippen molar-refractivity contribution in [1.82, 2.24) is 25.0 Å². The molecule has 1 atom stereocenters. The number of aromatic nitrogens is 5. The maximum absolute atomic E-state index is 13.9. The normalized spacial score (nSPS) is 15.3. The van der Waals surface area contributed by atoms with Gasteiger partial charge in [0, 0.05) is 29.4 Å². The number of nitrogens with zero attached hydrogens (tertiary/aromatic N) is 6. The SMILES string of the molecule is [2H][C@@](Nc1cc(-c2cnco2)c2ncc(C#N)c(NCC(C)(C)C)c2c1)(c1ccc(F)cc1)c1cn(C2CC2)nn1. The Morgan fingerprint density at radius 2 is 2.02 bits per heavy atom. The molecular formula is C30H29FN8O. The molecule has 2 N–H and O–H groups in total. The largest absolute Gasteiger partial charge is 0.443 e. The smallest absolute Gasteiger partial charge is 0.181 e. The lowest BCUT2D eigenvalue weighted by Gasteiger charge is -2.23. The topological polar surface area (TPSA) is 117 Å². The van der Waals surface area contributed by atoms with Gasteiger partial charge < -0.3 is 15.1 Å². The van der Waals surface area contributed by atoms with Crippen molar-refractivity contribution in [1.29, 1.82) is 5.26 Å². The van der Waals surface area contributed by atoms with Crippen molar-refractivity contribution < 1.29 is 10.2 Å². The summed E-state index contributed by atoms with van der Waals surface area (Å²) in [7, 11) is 0. The van der Waals surface area contributed by atoms with Gasteiger partial charge in [-0.05, 0) is 48.1 Å². The highest BCUT2D eigenvalue weighted by molar-refractivity contribution is 6.03. The van der Waals surface area contributed by atoms with Crippen LogP contribution in [0.1, 0.15) is 63.9 Å². The summed E-state index contributed by atoms with van der Waals surface area (Å²) in [6.45, 7) is 6.93. The standard InChI is InChI=1S/C30H29FN8O/c1-30(2,3)16-35-27-19(12-32)13-34-29-23(26-14-33-17-40-26)10-21(11-24(27)29)36-28(18-4-6-20(31)7-5-18)25-15-39(38-37-25)22-8-9-22/h4-7,10-11,13-15,17,22,28,36H,8-9,16H2,1-3H3,(H,34,35)/t28-/m1/s1/i28D. The van der Waals surface area contributed by atoms with Crippen LogP contribution in [0.5, 0.6) is 0 Å². The molecule has 9 nitrogen and oxygen atoms in total. The van der Waals surface area contributed by atoms with E-state index < -0.39 is 11.8 Å².